The smallest absolute Gasteiger partial charge is 0.161 e. The van der Waals surface area contributed by atoms with Gasteiger partial charge in [0.05, 0.1) is 7.11 Å². The fourth-order valence-electron chi connectivity index (χ4n) is 1.68. The van der Waals surface area contributed by atoms with Gasteiger partial charge in [0, 0.05) is 0 Å². The van der Waals surface area contributed by atoms with E-state index in [2.05, 4.69) is 0 Å². The van der Waals surface area contributed by atoms with E-state index < -0.39 is 6.10 Å². The third-order valence-corrected chi connectivity index (χ3v) is 2.69. The van der Waals surface area contributed by atoms with Gasteiger partial charge in [0.25, 0.3) is 0 Å². The maximum Gasteiger partial charge on any atom is 0.161 e. The molecule has 0 aliphatic heterocycles. The van der Waals surface area contributed by atoms with Crippen LogP contribution in [0.4, 0.5) is 0 Å². The highest BCUT2D eigenvalue weighted by atomic mass is 16.5. The molecule has 0 fully saturated rings. The maximum absolute atomic E-state index is 9.84. The van der Waals surface area contributed by atoms with Crippen molar-refractivity contribution >= 4 is 0 Å². The molecule has 0 saturated heterocycles. The van der Waals surface area contributed by atoms with Gasteiger partial charge in [-0.15, -0.1) is 0 Å². The lowest BCUT2D eigenvalue weighted by Gasteiger charge is -2.15. The first kappa shape index (κ1) is 14.2. The number of aliphatic hydroxyl groups excluding tert-OH is 1. The molecule has 0 spiro atoms. The van der Waals surface area contributed by atoms with Crippen molar-refractivity contribution in [1.29, 1.82) is 0 Å². The van der Waals surface area contributed by atoms with E-state index in [1.54, 1.807) is 13.2 Å². The van der Waals surface area contributed by atoms with Crippen molar-refractivity contribution in [3.63, 3.8) is 0 Å². The number of aliphatic hydroxyl groups is 1. The lowest BCUT2D eigenvalue weighted by molar-refractivity contribution is 0.0617. The summed E-state index contributed by atoms with van der Waals surface area (Å²) in [5.74, 6) is 1.97. The van der Waals surface area contributed by atoms with Crippen LogP contribution in [0.25, 0.3) is 0 Å². The minimum absolute atomic E-state index is 0.146. The summed E-state index contributed by atoms with van der Waals surface area (Å²) in [6, 6.07) is 16.7. The fourth-order valence-corrected chi connectivity index (χ4v) is 1.68. The Bertz CT molecular complexity index is 513. The summed E-state index contributed by atoms with van der Waals surface area (Å²) in [6.07, 6.45) is -0.708. The molecular weight excluding hydrogens is 256 g/mol. The highest BCUT2D eigenvalue weighted by Gasteiger charge is 2.09. The topological polar surface area (TPSA) is 47.9 Å². The average molecular weight is 274 g/mol. The minimum atomic E-state index is -0.708. The molecule has 4 heteroatoms. The number of benzene rings is 2. The second-order valence-electron chi connectivity index (χ2n) is 4.24. The van der Waals surface area contributed by atoms with Gasteiger partial charge in [-0.3, -0.25) is 0 Å². The molecule has 106 valence electrons. The molecule has 20 heavy (non-hydrogen) atoms. The van der Waals surface area contributed by atoms with Gasteiger partial charge in [-0.25, -0.2) is 0 Å². The van der Waals surface area contributed by atoms with Crippen LogP contribution in [0.3, 0.4) is 0 Å². The quantitative estimate of drug-likeness (QED) is 0.842. The highest BCUT2D eigenvalue weighted by molar-refractivity contribution is 5.39. The van der Waals surface area contributed by atoms with E-state index in [1.165, 1.54) is 0 Å². The monoisotopic (exact) mass is 274 g/mol. The number of methoxy groups -OCH3 is 1. The van der Waals surface area contributed by atoms with E-state index in [4.69, 9.17) is 14.2 Å². The minimum Gasteiger partial charge on any atom is -0.493 e. The summed E-state index contributed by atoms with van der Waals surface area (Å²) >= 11 is 0. The molecule has 2 aromatic rings. The SMILES string of the molecule is COc1ccccc1OCC(O)COc1ccccc1. The van der Waals surface area contributed by atoms with Crippen LogP contribution in [-0.2, 0) is 0 Å². The van der Waals surface area contributed by atoms with Crippen LogP contribution in [-0.4, -0.2) is 31.5 Å². The Kier molecular flexibility index (Phi) is 5.26. The zero-order chi connectivity index (χ0) is 14.2. The van der Waals surface area contributed by atoms with Crippen molar-refractivity contribution < 1.29 is 19.3 Å². The van der Waals surface area contributed by atoms with Crippen molar-refractivity contribution in [3.05, 3.63) is 54.6 Å². The Balaban J connectivity index is 1.79. The molecule has 0 aliphatic rings. The Morgan fingerprint density at radius 3 is 2.15 bits per heavy atom. The fraction of sp³-hybridized carbons (Fsp3) is 0.250. The van der Waals surface area contributed by atoms with Gasteiger partial charge in [0.15, 0.2) is 11.5 Å². The van der Waals surface area contributed by atoms with Crippen molar-refractivity contribution in [3.8, 4) is 17.2 Å². The van der Waals surface area contributed by atoms with Crippen molar-refractivity contribution in [1.82, 2.24) is 0 Å². The molecular formula is C16H18O4. The lowest BCUT2D eigenvalue weighted by Crippen LogP contribution is -2.25. The molecule has 0 amide bonds. The Morgan fingerprint density at radius 2 is 1.45 bits per heavy atom. The molecule has 2 aromatic carbocycles. The van der Waals surface area contributed by atoms with Gasteiger partial charge in [0.1, 0.15) is 25.1 Å². The van der Waals surface area contributed by atoms with Gasteiger partial charge >= 0.3 is 0 Å². The van der Waals surface area contributed by atoms with Crippen LogP contribution in [0.15, 0.2) is 54.6 Å². The van der Waals surface area contributed by atoms with Crippen LogP contribution in [0.5, 0.6) is 17.2 Å². The van der Waals surface area contributed by atoms with Crippen LogP contribution in [0.1, 0.15) is 0 Å². The third-order valence-electron chi connectivity index (χ3n) is 2.69. The van der Waals surface area contributed by atoms with Gasteiger partial charge in [-0.05, 0) is 24.3 Å². The second kappa shape index (κ2) is 7.40. The normalized spacial score (nSPS) is 11.7. The average Bonchev–Trinajstić information content (AvgIpc) is 2.52. The zero-order valence-electron chi connectivity index (χ0n) is 11.4. The van der Waals surface area contributed by atoms with Gasteiger partial charge in [-0.1, -0.05) is 30.3 Å². The van der Waals surface area contributed by atoms with E-state index in [-0.39, 0.29) is 13.2 Å². The Hall–Kier alpha value is -2.20. The predicted molar refractivity (Wildman–Crippen MR) is 76.4 cm³/mol. The largest absolute Gasteiger partial charge is 0.493 e. The zero-order valence-corrected chi connectivity index (χ0v) is 11.4. The van der Waals surface area contributed by atoms with Crippen LogP contribution in [0, 0.1) is 0 Å². The van der Waals surface area contributed by atoms with Crippen molar-refractivity contribution in [2.45, 2.75) is 6.10 Å². The molecule has 4 nitrogen and oxygen atoms in total. The Labute approximate surface area is 118 Å². The first-order valence-electron chi connectivity index (χ1n) is 6.41. The number of rotatable bonds is 7. The van der Waals surface area contributed by atoms with E-state index in [0.717, 1.165) is 5.75 Å². The molecule has 0 aromatic heterocycles. The van der Waals surface area contributed by atoms with E-state index in [9.17, 15) is 5.11 Å². The highest BCUT2D eigenvalue weighted by Crippen LogP contribution is 2.25. The molecule has 0 aliphatic carbocycles. The van der Waals surface area contributed by atoms with Crippen molar-refractivity contribution in [2.75, 3.05) is 20.3 Å². The molecule has 1 N–H and O–H groups in total. The van der Waals surface area contributed by atoms with Gasteiger partial charge < -0.3 is 19.3 Å². The van der Waals surface area contributed by atoms with Crippen LogP contribution in [0.2, 0.25) is 0 Å². The Morgan fingerprint density at radius 1 is 0.850 bits per heavy atom. The summed E-state index contributed by atoms with van der Waals surface area (Å²) in [4.78, 5) is 0. The number of para-hydroxylation sites is 3. The molecule has 0 saturated carbocycles. The second-order valence-corrected chi connectivity index (χ2v) is 4.24. The van der Waals surface area contributed by atoms with Crippen LogP contribution < -0.4 is 14.2 Å². The molecule has 0 bridgehead atoms. The maximum atomic E-state index is 9.84. The van der Waals surface area contributed by atoms with Crippen molar-refractivity contribution in [2.24, 2.45) is 0 Å². The standard InChI is InChI=1S/C16H18O4/c1-18-15-9-5-6-10-16(15)20-12-13(17)11-19-14-7-3-2-4-8-14/h2-10,13,17H,11-12H2,1H3. The van der Waals surface area contributed by atoms with E-state index in [0.29, 0.717) is 11.5 Å². The summed E-state index contributed by atoms with van der Waals surface area (Å²) < 4.78 is 16.1. The number of hydrogen-bond acceptors (Lipinski definition) is 4. The molecule has 0 radical (unpaired) electrons. The number of ether oxygens (including phenoxy) is 3. The summed E-state index contributed by atoms with van der Waals surface area (Å²) in [5, 5.41) is 9.84. The number of hydrogen-bond donors (Lipinski definition) is 1. The van der Waals surface area contributed by atoms with E-state index >= 15 is 0 Å². The third kappa shape index (κ3) is 4.17. The van der Waals surface area contributed by atoms with E-state index in [1.807, 2.05) is 48.5 Å². The summed E-state index contributed by atoms with van der Waals surface area (Å²) in [5.41, 5.74) is 0. The molecule has 1 unspecified atom stereocenters. The predicted octanol–water partition coefficient (Wildman–Crippen LogP) is 2.51. The van der Waals surface area contributed by atoms with Gasteiger partial charge in [0.2, 0.25) is 0 Å². The molecule has 1 atom stereocenters. The first-order valence-corrected chi connectivity index (χ1v) is 6.41. The molecule has 2 rings (SSSR count). The van der Waals surface area contributed by atoms with Crippen LogP contribution >= 0.6 is 0 Å². The summed E-state index contributed by atoms with van der Waals surface area (Å²) in [6.45, 7) is 0.326. The first-order chi connectivity index (χ1) is 9.79. The lowest BCUT2D eigenvalue weighted by atomic mass is 10.3. The molecule has 0 heterocycles. The van der Waals surface area contributed by atoms with Gasteiger partial charge in [-0.2, -0.15) is 0 Å². The summed E-state index contributed by atoms with van der Waals surface area (Å²) in [7, 11) is 1.58.